The Morgan fingerprint density at radius 1 is 1.42 bits per heavy atom. The van der Waals surface area contributed by atoms with Gasteiger partial charge in [-0.3, -0.25) is 4.68 Å². The molecule has 0 aliphatic rings. The minimum atomic E-state index is -0.298. The summed E-state index contributed by atoms with van der Waals surface area (Å²) in [5.74, 6) is 0.826. The van der Waals surface area contributed by atoms with Crippen molar-refractivity contribution < 1.29 is 9.13 Å². The van der Waals surface area contributed by atoms with Crippen LogP contribution in [0, 0.1) is 12.7 Å². The third-order valence-corrected chi connectivity index (χ3v) is 3.32. The summed E-state index contributed by atoms with van der Waals surface area (Å²) >= 11 is 0. The van der Waals surface area contributed by atoms with Gasteiger partial charge in [0.1, 0.15) is 17.4 Å². The second-order valence-corrected chi connectivity index (χ2v) is 4.47. The Morgan fingerprint density at radius 2 is 2.11 bits per heavy atom. The Morgan fingerprint density at radius 3 is 2.58 bits per heavy atom. The van der Waals surface area contributed by atoms with Crippen LogP contribution in [0.15, 0.2) is 12.1 Å². The zero-order valence-electron chi connectivity index (χ0n) is 11.6. The molecule has 0 bridgehead atoms. The lowest BCUT2D eigenvalue weighted by molar-refractivity contribution is 0.402. The summed E-state index contributed by atoms with van der Waals surface area (Å²) in [7, 11) is 3.31. The maximum atomic E-state index is 14.0. The van der Waals surface area contributed by atoms with E-state index >= 15 is 0 Å². The molecule has 1 aromatic carbocycles. The quantitative estimate of drug-likeness (QED) is 0.926. The molecule has 0 saturated heterocycles. The summed E-state index contributed by atoms with van der Waals surface area (Å²) < 4.78 is 20.9. The van der Waals surface area contributed by atoms with Crippen molar-refractivity contribution in [3.63, 3.8) is 0 Å². The SMILES string of the molecule is CCc1c(-c2cc(N)n(C)n2)cc(F)c(C)c1OC. The van der Waals surface area contributed by atoms with Crippen molar-refractivity contribution in [2.24, 2.45) is 7.05 Å². The molecule has 19 heavy (non-hydrogen) atoms. The number of rotatable bonds is 3. The molecular weight excluding hydrogens is 245 g/mol. The van der Waals surface area contributed by atoms with Crippen molar-refractivity contribution in [2.45, 2.75) is 20.3 Å². The molecule has 2 rings (SSSR count). The van der Waals surface area contributed by atoms with E-state index in [-0.39, 0.29) is 5.82 Å². The van der Waals surface area contributed by atoms with Gasteiger partial charge >= 0.3 is 0 Å². The van der Waals surface area contributed by atoms with E-state index < -0.39 is 0 Å². The average Bonchev–Trinajstić information content (AvgIpc) is 2.72. The van der Waals surface area contributed by atoms with Crippen LogP contribution in [-0.2, 0) is 13.5 Å². The van der Waals surface area contributed by atoms with Gasteiger partial charge in [-0.05, 0) is 19.4 Å². The predicted molar refractivity (Wildman–Crippen MR) is 73.7 cm³/mol. The van der Waals surface area contributed by atoms with Crippen molar-refractivity contribution in [3.8, 4) is 17.0 Å². The van der Waals surface area contributed by atoms with Crippen LogP contribution < -0.4 is 10.5 Å². The smallest absolute Gasteiger partial charge is 0.130 e. The molecule has 1 heterocycles. The van der Waals surface area contributed by atoms with Crippen LogP contribution in [0.2, 0.25) is 0 Å². The first-order chi connectivity index (χ1) is 8.99. The molecule has 5 heteroatoms. The standard InChI is InChI=1S/C14H18FN3O/c1-5-9-10(12-7-13(16)18(3)17-12)6-11(15)8(2)14(9)19-4/h6-7H,5,16H2,1-4H3. The summed E-state index contributed by atoms with van der Waals surface area (Å²) in [6.07, 6.45) is 0.732. The summed E-state index contributed by atoms with van der Waals surface area (Å²) in [6, 6.07) is 3.24. The molecule has 2 aromatic rings. The molecule has 0 atom stereocenters. The van der Waals surface area contributed by atoms with E-state index in [1.165, 1.54) is 6.07 Å². The van der Waals surface area contributed by atoms with Crippen molar-refractivity contribution in [1.29, 1.82) is 0 Å². The lowest BCUT2D eigenvalue weighted by Crippen LogP contribution is -2.01. The molecule has 102 valence electrons. The highest BCUT2D eigenvalue weighted by molar-refractivity contribution is 5.70. The largest absolute Gasteiger partial charge is 0.496 e. The van der Waals surface area contributed by atoms with E-state index in [1.54, 1.807) is 31.8 Å². The summed E-state index contributed by atoms with van der Waals surface area (Å²) in [5.41, 5.74) is 8.64. The fourth-order valence-electron chi connectivity index (χ4n) is 2.25. The first-order valence-corrected chi connectivity index (χ1v) is 6.15. The van der Waals surface area contributed by atoms with Crippen LogP contribution in [-0.4, -0.2) is 16.9 Å². The molecule has 1 aromatic heterocycles. The number of methoxy groups -OCH3 is 1. The number of anilines is 1. The number of aryl methyl sites for hydroxylation is 1. The Labute approximate surface area is 112 Å². The number of aromatic nitrogens is 2. The summed E-state index contributed by atoms with van der Waals surface area (Å²) in [6.45, 7) is 3.72. The first kappa shape index (κ1) is 13.4. The molecule has 0 spiro atoms. The number of nitrogens with two attached hydrogens (primary N) is 1. The predicted octanol–water partition coefficient (Wildman–Crippen LogP) is 2.69. The Hall–Kier alpha value is -2.04. The third-order valence-electron chi connectivity index (χ3n) is 3.32. The Bertz CT molecular complexity index is 600. The molecule has 0 aliphatic carbocycles. The molecule has 0 fully saturated rings. The van der Waals surface area contributed by atoms with Gasteiger partial charge in [0.05, 0.1) is 12.8 Å². The van der Waals surface area contributed by atoms with Crippen molar-refractivity contribution in [1.82, 2.24) is 9.78 Å². The molecule has 0 radical (unpaired) electrons. The topological polar surface area (TPSA) is 53.1 Å². The first-order valence-electron chi connectivity index (χ1n) is 6.15. The van der Waals surface area contributed by atoms with Gasteiger partial charge < -0.3 is 10.5 Å². The van der Waals surface area contributed by atoms with Crippen LogP contribution in [0.5, 0.6) is 5.75 Å². The van der Waals surface area contributed by atoms with Crippen molar-refractivity contribution in [3.05, 3.63) is 29.1 Å². The average molecular weight is 263 g/mol. The number of halogens is 1. The highest BCUT2D eigenvalue weighted by atomic mass is 19.1. The second kappa shape index (κ2) is 4.91. The maximum absolute atomic E-state index is 14.0. The van der Waals surface area contributed by atoms with Crippen LogP contribution in [0.25, 0.3) is 11.3 Å². The monoisotopic (exact) mass is 263 g/mol. The normalized spacial score (nSPS) is 10.8. The highest BCUT2D eigenvalue weighted by Gasteiger charge is 2.18. The second-order valence-electron chi connectivity index (χ2n) is 4.47. The van der Waals surface area contributed by atoms with E-state index in [0.29, 0.717) is 22.8 Å². The zero-order chi connectivity index (χ0) is 14.2. The molecule has 0 unspecified atom stereocenters. The third kappa shape index (κ3) is 2.16. The van der Waals surface area contributed by atoms with Gasteiger partial charge in [0, 0.05) is 29.8 Å². The fraction of sp³-hybridized carbons (Fsp3) is 0.357. The summed E-state index contributed by atoms with van der Waals surface area (Å²) in [5, 5.41) is 4.30. The maximum Gasteiger partial charge on any atom is 0.130 e. The fourth-order valence-corrected chi connectivity index (χ4v) is 2.25. The number of nitrogens with zero attached hydrogens (tertiary/aromatic N) is 2. The van der Waals surface area contributed by atoms with Gasteiger partial charge in [-0.1, -0.05) is 6.92 Å². The van der Waals surface area contributed by atoms with Gasteiger partial charge in [-0.25, -0.2) is 4.39 Å². The number of ether oxygens (including phenoxy) is 1. The van der Waals surface area contributed by atoms with E-state index in [1.807, 2.05) is 6.92 Å². The number of hydrogen-bond donors (Lipinski definition) is 1. The van der Waals surface area contributed by atoms with Gasteiger partial charge in [0.25, 0.3) is 0 Å². The van der Waals surface area contributed by atoms with Crippen molar-refractivity contribution >= 4 is 5.82 Å². The van der Waals surface area contributed by atoms with Gasteiger partial charge in [-0.15, -0.1) is 0 Å². The molecule has 4 nitrogen and oxygen atoms in total. The summed E-state index contributed by atoms with van der Waals surface area (Å²) in [4.78, 5) is 0. The number of benzene rings is 1. The highest BCUT2D eigenvalue weighted by Crippen LogP contribution is 2.35. The molecule has 0 aliphatic heterocycles. The number of hydrogen-bond acceptors (Lipinski definition) is 3. The van der Waals surface area contributed by atoms with Gasteiger partial charge in [0.15, 0.2) is 0 Å². The van der Waals surface area contributed by atoms with Gasteiger partial charge in [-0.2, -0.15) is 5.10 Å². The minimum absolute atomic E-state index is 0.298. The van der Waals surface area contributed by atoms with Crippen LogP contribution in [0.4, 0.5) is 10.2 Å². The van der Waals surface area contributed by atoms with E-state index in [4.69, 9.17) is 10.5 Å². The van der Waals surface area contributed by atoms with E-state index in [0.717, 1.165) is 17.5 Å². The van der Waals surface area contributed by atoms with Gasteiger partial charge in [0.2, 0.25) is 0 Å². The molecule has 0 saturated carbocycles. The van der Waals surface area contributed by atoms with Crippen LogP contribution in [0.1, 0.15) is 18.1 Å². The number of nitrogen functional groups attached to an aromatic ring is 1. The molecule has 0 amide bonds. The molecule has 2 N–H and O–H groups in total. The van der Waals surface area contributed by atoms with Crippen molar-refractivity contribution in [2.75, 3.05) is 12.8 Å². The lowest BCUT2D eigenvalue weighted by atomic mass is 9.98. The van der Waals surface area contributed by atoms with Crippen LogP contribution >= 0.6 is 0 Å². The van der Waals surface area contributed by atoms with E-state index in [2.05, 4.69) is 5.10 Å². The zero-order valence-corrected chi connectivity index (χ0v) is 11.6. The minimum Gasteiger partial charge on any atom is -0.496 e. The van der Waals surface area contributed by atoms with Crippen LogP contribution in [0.3, 0.4) is 0 Å². The van der Waals surface area contributed by atoms with E-state index in [9.17, 15) is 4.39 Å². The Kier molecular flexibility index (Phi) is 3.46. The Balaban J connectivity index is 2.72. The molecular formula is C14H18FN3O. The lowest BCUT2D eigenvalue weighted by Gasteiger charge is -2.14.